The summed E-state index contributed by atoms with van der Waals surface area (Å²) >= 11 is 5.88. The average Bonchev–Trinajstić information content (AvgIpc) is 2.17. The molecule has 0 saturated carbocycles. The molecule has 0 aliphatic carbocycles. The van der Waals surface area contributed by atoms with Gasteiger partial charge < -0.3 is 15.7 Å². The van der Waals surface area contributed by atoms with Crippen molar-refractivity contribution in [3.05, 3.63) is 16.8 Å². The predicted molar refractivity (Wildman–Crippen MR) is 61.6 cm³/mol. The van der Waals surface area contributed by atoms with E-state index in [2.05, 4.69) is 15.6 Å². The molecule has 0 amide bonds. The molecule has 4 nitrogen and oxygen atoms in total. The molecule has 1 aliphatic rings. The van der Waals surface area contributed by atoms with Crippen molar-refractivity contribution in [1.82, 2.24) is 4.98 Å². The molecule has 1 aromatic heterocycles. The molecule has 0 aromatic carbocycles. The molecule has 2 rings (SSSR count). The fraction of sp³-hybridized carbons (Fsp3) is 0.500. The lowest BCUT2D eigenvalue weighted by Gasteiger charge is -2.28. The Morgan fingerprint density at radius 3 is 3.20 bits per heavy atom. The minimum atomic E-state index is 0.175. The van der Waals surface area contributed by atoms with Crippen LogP contribution in [0.15, 0.2) is 6.07 Å². The summed E-state index contributed by atoms with van der Waals surface area (Å²) in [6.45, 7) is 2.97. The number of aryl methyl sites for hydroxylation is 1. The number of hydrogen-bond acceptors (Lipinski definition) is 4. The van der Waals surface area contributed by atoms with Gasteiger partial charge in [0.1, 0.15) is 5.15 Å². The molecule has 1 aromatic rings. The van der Waals surface area contributed by atoms with Gasteiger partial charge >= 0.3 is 0 Å². The second kappa shape index (κ2) is 4.24. The first-order chi connectivity index (χ1) is 7.20. The van der Waals surface area contributed by atoms with E-state index in [1.165, 1.54) is 0 Å². The number of rotatable bonds is 2. The first-order valence-electron chi connectivity index (χ1n) is 4.99. The number of hydrogen-bond donors (Lipinski definition) is 3. The maximum Gasteiger partial charge on any atom is 0.151 e. The van der Waals surface area contributed by atoms with Crippen molar-refractivity contribution < 1.29 is 5.11 Å². The summed E-state index contributed by atoms with van der Waals surface area (Å²) in [5.41, 5.74) is 2.09. The number of anilines is 2. The lowest BCUT2D eigenvalue weighted by atomic mass is 10.1. The molecular weight excluding hydrogens is 214 g/mol. The topological polar surface area (TPSA) is 57.2 Å². The highest BCUT2D eigenvalue weighted by molar-refractivity contribution is 6.29. The number of aliphatic hydroxyl groups excluding tert-OH is 1. The van der Waals surface area contributed by atoms with Crippen LogP contribution in [0.4, 0.5) is 11.5 Å². The summed E-state index contributed by atoms with van der Waals surface area (Å²) in [6, 6.07) is 2.05. The first-order valence-corrected chi connectivity index (χ1v) is 5.37. The van der Waals surface area contributed by atoms with Gasteiger partial charge in [0, 0.05) is 19.2 Å². The zero-order valence-corrected chi connectivity index (χ0v) is 9.30. The number of fused-ring (bicyclic) bond motifs is 1. The van der Waals surface area contributed by atoms with Gasteiger partial charge in [-0.1, -0.05) is 11.6 Å². The maximum atomic E-state index is 8.86. The summed E-state index contributed by atoms with van der Waals surface area (Å²) in [6.07, 6.45) is 0.708. The molecule has 0 bridgehead atoms. The van der Waals surface area contributed by atoms with Gasteiger partial charge in [-0.15, -0.1) is 0 Å². The van der Waals surface area contributed by atoms with E-state index in [1.54, 1.807) is 0 Å². The summed E-state index contributed by atoms with van der Waals surface area (Å²) < 4.78 is 0. The quantitative estimate of drug-likeness (QED) is 0.673. The monoisotopic (exact) mass is 227 g/mol. The van der Waals surface area contributed by atoms with Crippen LogP contribution in [0.2, 0.25) is 5.15 Å². The minimum Gasteiger partial charge on any atom is -0.396 e. The highest BCUT2D eigenvalue weighted by atomic mass is 35.5. The Labute approximate surface area is 93.7 Å². The van der Waals surface area contributed by atoms with Crippen LogP contribution in [0.5, 0.6) is 0 Å². The van der Waals surface area contributed by atoms with Crippen molar-refractivity contribution in [2.45, 2.75) is 19.4 Å². The predicted octanol–water partition coefficient (Wildman–Crippen LogP) is 1.63. The van der Waals surface area contributed by atoms with Gasteiger partial charge in [-0.3, -0.25) is 0 Å². The number of nitrogens with one attached hydrogen (secondary N) is 2. The van der Waals surface area contributed by atoms with Crippen LogP contribution >= 0.6 is 11.6 Å². The normalized spacial score (nSPS) is 19.0. The Hall–Kier alpha value is -1.00. The smallest absolute Gasteiger partial charge is 0.151 e. The Bertz CT molecular complexity index is 370. The van der Waals surface area contributed by atoms with Gasteiger partial charge in [-0.05, 0) is 25.0 Å². The summed E-state index contributed by atoms with van der Waals surface area (Å²) in [7, 11) is 0. The third-order valence-electron chi connectivity index (χ3n) is 2.53. The molecule has 0 fully saturated rings. The molecule has 5 heteroatoms. The number of pyridine rings is 1. The van der Waals surface area contributed by atoms with Crippen LogP contribution in [-0.4, -0.2) is 29.3 Å². The van der Waals surface area contributed by atoms with Crippen LogP contribution < -0.4 is 10.6 Å². The molecule has 1 aliphatic heterocycles. The van der Waals surface area contributed by atoms with Gasteiger partial charge in [0.25, 0.3) is 0 Å². The number of aromatic nitrogens is 1. The van der Waals surface area contributed by atoms with E-state index in [0.29, 0.717) is 11.6 Å². The van der Waals surface area contributed by atoms with E-state index in [4.69, 9.17) is 16.7 Å². The van der Waals surface area contributed by atoms with E-state index >= 15 is 0 Å². The van der Waals surface area contributed by atoms with Crippen molar-refractivity contribution >= 4 is 23.1 Å². The van der Waals surface area contributed by atoms with Crippen LogP contribution in [0.3, 0.4) is 0 Å². The van der Waals surface area contributed by atoms with E-state index < -0.39 is 0 Å². The van der Waals surface area contributed by atoms with Crippen LogP contribution in [0.25, 0.3) is 0 Å². The molecule has 3 N–H and O–H groups in total. The molecule has 82 valence electrons. The van der Waals surface area contributed by atoms with Crippen molar-refractivity contribution in [2.75, 3.05) is 23.8 Å². The van der Waals surface area contributed by atoms with E-state index in [0.717, 1.165) is 23.6 Å². The molecule has 1 unspecified atom stereocenters. The van der Waals surface area contributed by atoms with Crippen molar-refractivity contribution in [1.29, 1.82) is 0 Å². The summed E-state index contributed by atoms with van der Waals surface area (Å²) in [4.78, 5) is 4.22. The Kier molecular flexibility index (Phi) is 2.98. The molecule has 2 heterocycles. The van der Waals surface area contributed by atoms with Crippen LogP contribution in [0, 0.1) is 6.92 Å². The number of nitrogens with zero attached hydrogens (tertiary/aromatic N) is 1. The largest absolute Gasteiger partial charge is 0.396 e. The van der Waals surface area contributed by atoms with Gasteiger partial charge in [0.2, 0.25) is 0 Å². The Morgan fingerprint density at radius 2 is 2.47 bits per heavy atom. The fourth-order valence-corrected chi connectivity index (χ4v) is 2.01. The van der Waals surface area contributed by atoms with Gasteiger partial charge in [0.15, 0.2) is 5.82 Å². The number of halogens is 1. The van der Waals surface area contributed by atoms with Crippen LogP contribution in [-0.2, 0) is 0 Å². The molecule has 0 spiro atoms. The van der Waals surface area contributed by atoms with Gasteiger partial charge in [-0.25, -0.2) is 4.98 Å². The zero-order valence-electron chi connectivity index (χ0n) is 8.55. The Balaban J connectivity index is 2.25. The standard InChI is InChI=1S/C10H14ClN3O/c1-6-4-8(11)14-10-9(6)12-5-7(13-10)2-3-15/h4,7,12,15H,2-3,5H2,1H3,(H,13,14). The van der Waals surface area contributed by atoms with Crippen LogP contribution in [0.1, 0.15) is 12.0 Å². The number of aliphatic hydroxyl groups is 1. The highest BCUT2D eigenvalue weighted by Gasteiger charge is 2.19. The SMILES string of the molecule is Cc1cc(Cl)nc2c1NCC(CCO)N2. The fourth-order valence-electron chi connectivity index (χ4n) is 1.76. The zero-order chi connectivity index (χ0) is 10.8. The summed E-state index contributed by atoms with van der Waals surface area (Å²) in [5.74, 6) is 0.782. The van der Waals surface area contributed by atoms with Crippen molar-refractivity contribution in [2.24, 2.45) is 0 Å². The second-order valence-corrected chi connectivity index (χ2v) is 4.11. The lowest BCUT2D eigenvalue weighted by molar-refractivity contribution is 0.280. The third-order valence-corrected chi connectivity index (χ3v) is 2.72. The molecular formula is C10H14ClN3O. The molecule has 0 radical (unpaired) electrons. The minimum absolute atomic E-state index is 0.175. The van der Waals surface area contributed by atoms with Gasteiger partial charge in [-0.2, -0.15) is 0 Å². The first kappa shape index (κ1) is 10.5. The second-order valence-electron chi connectivity index (χ2n) is 3.72. The van der Waals surface area contributed by atoms with E-state index in [1.807, 2.05) is 13.0 Å². The maximum absolute atomic E-state index is 8.86. The van der Waals surface area contributed by atoms with Gasteiger partial charge in [0.05, 0.1) is 5.69 Å². The Morgan fingerprint density at radius 1 is 1.67 bits per heavy atom. The highest BCUT2D eigenvalue weighted by Crippen LogP contribution is 2.30. The third kappa shape index (κ3) is 2.16. The van der Waals surface area contributed by atoms with E-state index in [-0.39, 0.29) is 12.6 Å². The molecule has 1 atom stereocenters. The van der Waals surface area contributed by atoms with E-state index in [9.17, 15) is 0 Å². The molecule has 0 saturated heterocycles. The lowest BCUT2D eigenvalue weighted by Crippen LogP contribution is -2.34. The van der Waals surface area contributed by atoms with Crippen molar-refractivity contribution in [3.8, 4) is 0 Å². The average molecular weight is 228 g/mol. The van der Waals surface area contributed by atoms with Crippen molar-refractivity contribution in [3.63, 3.8) is 0 Å². The molecule has 15 heavy (non-hydrogen) atoms. The summed E-state index contributed by atoms with van der Waals surface area (Å²) in [5, 5.41) is 15.9.